The predicted octanol–water partition coefficient (Wildman–Crippen LogP) is 2.88. The first-order valence-corrected chi connectivity index (χ1v) is 7.71. The molecule has 1 aliphatic rings. The molecule has 2 amide bonds. The van der Waals surface area contributed by atoms with Crippen molar-refractivity contribution in [3.8, 4) is 5.75 Å². The molecule has 2 N–H and O–H groups in total. The zero-order valence-electron chi connectivity index (χ0n) is 12.2. The highest BCUT2D eigenvalue weighted by Crippen LogP contribution is 2.26. The zero-order chi connectivity index (χ0) is 17.3. The molecule has 0 bridgehead atoms. The van der Waals surface area contributed by atoms with Gasteiger partial charge in [-0.1, -0.05) is 35.9 Å². The number of amides is 2. The van der Waals surface area contributed by atoms with E-state index in [4.69, 9.17) is 23.8 Å². The predicted molar refractivity (Wildman–Crippen MR) is 95.8 cm³/mol. The third-order valence-corrected chi connectivity index (χ3v) is 3.92. The Morgan fingerprint density at radius 2 is 1.88 bits per heavy atom. The molecule has 0 aliphatic carbocycles. The monoisotopic (exact) mass is 358 g/mol. The number of aromatic hydroxyl groups is 1. The minimum Gasteiger partial charge on any atom is -0.507 e. The molecule has 1 aliphatic heterocycles. The van der Waals surface area contributed by atoms with Crippen LogP contribution in [0.2, 0.25) is 5.02 Å². The summed E-state index contributed by atoms with van der Waals surface area (Å²) in [6.45, 7) is 0. The Morgan fingerprint density at radius 3 is 2.58 bits per heavy atom. The van der Waals surface area contributed by atoms with E-state index >= 15 is 0 Å². The number of carbonyl (C=O) groups excluding carboxylic acids is 2. The summed E-state index contributed by atoms with van der Waals surface area (Å²) in [5, 5.41) is 12.7. The fourth-order valence-electron chi connectivity index (χ4n) is 2.27. The molecule has 120 valence electrons. The molecular weight excluding hydrogens is 348 g/mol. The second-order valence-corrected chi connectivity index (χ2v) is 5.82. The van der Waals surface area contributed by atoms with Gasteiger partial charge in [0.1, 0.15) is 11.3 Å². The quantitative estimate of drug-likeness (QED) is 0.492. The first kappa shape index (κ1) is 16.2. The van der Waals surface area contributed by atoms with Crippen molar-refractivity contribution >= 4 is 52.5 Å². The average Bonchev–Trinajstić information content (AvgIpc) is 2.53. The van der Waals surface area contributed by atoms with Gasteiger partial charge in [0.15, 0.2) is 5.11 Å². The molecule has 2 aromatic carbocycles. The van der Waals surface area contributed by atoms with Gasteiger partial charge < -0.3 is 5.11 Å². The van der Waals surface area contributed by atoms with Gasteiger partial charge in [-0.15, -0.1) is 0 Å². The fraction of sp³-hybridized carbons (Fsp3) is 0. The lowest BCUT2D eigenvalue weighted by molar-refractivity contribution is -0.122. The van der Waals surface area contributed by atoms with Crippen LogP contribution in [0.5, 0.6) is 5.75 Å². The summed E-state index contributed by atoms with van der Waals surface area (Å²) in [6, 6.07) is 13.0. The van der Waals surface area contributed by atoms with Crippen LogP contribution >= 0.6 is 23.8 Å². The summed E-state index contributed by atoms with van der Waals surface area (Å²) in [7, 11) is 0. The van der Waals surface area contributed by atoms with Crippen LogP contribution in [0.15, 0.2) is 54.1 Å². The van der Waals surface area contributed by atoms with Crippen molar-refractivity contribution in [1.82, 2.24) is 5.32 Å². The molecule has 1 heterocycles. The number of nitrogens with one attached hydrogen (secondary N) is 1. The number of nitrogens with zero attached hydrogens (tertiary/aromatic N) is 1. The van der Waals surface area contributed by atoms with Gasteiger partial charge in [0.05, 0.1) is 5.69 Å². The molecule has 0 spiro atoms. The van der Waals surface area contributed by atoms with Crippen molar-refractivity contribution in [3.63, 3.8) is 0 Å². The maximum Gasteiger partial charge on any atom is 0.270 e. The number of hydrogen-bond donors (Lipinski definition) is 2. The Labute approximate surface area is 148 Å². The van der Waals surface area contributed by atoms with Crippen LogP contribution in [0.25, 0.3) is 6.08 Å². The number of halogens is 1. The summed E-state index contributed by atoms with van der Waals surface area (Å²) in [4.78, 5) is 26.1. The Hall–Kier alpha value is -2.70. The lowest BCUT2D eigenvalue weighted by Crippen LogP contribution is -2.54. The van der Waals surface area contributed by atoms with Gasteiger partial charge in [0.25, 0.3) is 11.8 Å². The van der Waals surface area contributed by atoms with Crippen molar-refractivity contribution < 1.29 is 14.7 Å². The Balaban J connectivity index is 2.05. The van der Waals surface area contributed by atoms with Crippen molar-refractivity contribution in [2.45, 2.75) is 0 Å². The lowest BCUT2D eigenvalue weighted by atomic mass is 10.1. The zero-order valence-corrected chi connectivity index (χ0v) is 13.8. The van der Waals surface area contributed by atoms with Crippen LogP contribution in [0.3, 0.4) is 0 Å². The number of rotatable bonds is 2. The first-order valence-electron chi connectivity index (χ1n) is 6.92. The third-order valence-electron chi connectivity index (χ3n) is 3.40. The Kier molecular flexibility index (Phi) is 4.33. The van der Waals surface area contributed by atoms with Crippen LogP contribution in [-0.4, -0.2) is 22.0 Å². The van der Waals surface area contributed by atoms with Gasteiger partial charge in [-0.2, -0.15) is 0 Å². The third kappa shape index (κ3) is 3.02. The topological polar surface area (TPSA) is 69.6 Å². The maximum atomic E-state index is 12.8. The highest BCUT2D eigenvalue weighted by atomic mass is 35.5. The molecule has 0 radical (unpaired) electrons. The number of carbonyl (C=O) groups is 2. The van der Waals surface area contributed by atoms with E-state index in [9.17, 15) is 14.7 Å². The van der Waals surface area contributed by atoms with Gasteiger partial charge in [-0.25, -0.2) is 0 Å². The molecule has 0 atom stereocenters. The molecule has 24 heavy (non-hydrogen) atoms. The minimum atomic E-state index is -0.619. The number of phenolic OH excluding ortho intramolecular Hbond substituents is 1. The summed E-state index contributed by atoms with van der Waals surface area (Å²) < 4.78 is 0. The average molecular weight is 359 g/mol. The number of benzene rings is 2. The number of anilines is 1. The van der Waals surface area contributed by atoms with Crippen LogP contribution in [0, 0.1) is 0 Å². The summed E-state index contributed by atoms with van der Waals surface area (Å²) in [5.74, 6) is -1.24. The van der Waals surface area contributed by atoms with Crippen LogP contribution < -0.4 is 10.2 Å². The van der Waals surface area contributed by atoms with Crippen LogP contribution in [0.4, 0.5) is 5.69 Å². The minimum absolute atomic E-state index is 0.0262. The number of phenols is 1. The fourth-order valence-corrected chi connectivity index (χ4v) is 2.74. The van der Waals surface area contributed by atoms with Gasteiger partial charge in [0, 0.05) is 10.6 Å². The highest BCUT2D eigenvalue weighted by molar-refractivity contribution is 7.80. The molecule has 7 heteroatoms. The second-order valence-electron chi connectivity index (χ2n) is 5.00. The van der Waals surface area contributed by atoms with Gasteiger partial charge in [0.2, 0.25) is 0 Å². The number of thiocarbonyl (C=S) groups is 1. The largest absolute Gasteiger partial charge is 0.507 e. The van der Waals surface area contributed by atoms with E-state index in [0.29, 0.717) is 16.3 Å². The van der Waals surface area contributed by atoms with E-state index in [1.54, 1.807) is 42.5 Å². The second kappa shape index (κ2) is 6.43. The van der Waals surface area contributed by atoms with E-state index in [2.05, 4.69) is 5.32 Å². The van der Waals surface area contributed by atoms with Crippen molar-refractivity contribution in [1.29, 1.82) is 0 Å². The van der Waals surface area contributed by atoms with E-state index in [1.165, 1.54) is 17.0 Å². The molecule has 2 aromatic rings. The van der Waals surface area contributed by atoms with E-state index in [1.807, 2.05) is 0 Å². The molecule has 0 aromatic heterocycles. The van der Waals surface area contributed by atoms with Gasteiger partial charge in [-0.05, 0) is 42.6 Å². The lowest BCUT2D eigenvalue weighted by Gasteiger charge is -2.29. The van der Waals surface area contributed by atoms with E-state index in [-0.39, 0.29) is 16.4 Å². The van der Waals surface area contributed by atoms with Crippen molar-refractivity contribution in [3.05, 3.63) is 64.7 Å². The van der Waals surface area contributed by atoms with Crippen molar-refractivity contribution in [2.24, 2.45) is 0 Å². The molecule has 0 saturated carbocycles. The molecule has 3 rings (SSSR count). The van der Waals surface area contributed by atoms with E-state index in [0.717, 1.165) is 0 Å². The smallest absolute Gasteiger partial charge is 0.270 e. The molecule has 1 fully saturated rings. The maximum absolute atomic E-state index is 12.8. The van der Waals surface area contributed by atoms with Gasteiger partial charge >= 0.3 is 0 Å². The van der Waals surface area contributed by atoms with Crippen LogP contribution in [-0.2, 0) is 9.59 Å². The Bertz CT molecular complexity index is 895. The molecule has 0 unspecified atom stereocenters. The SMILES string of the molecule is O=C1NC(=S)N(c2cccc(Cl)c2)C(=O)/C1=C/c1ccccc1O. The van der Waals surface area contributed by atoms with Crippen LogP contribution in [0.1, 0.15) is 5.56 Å². The summed E-state index contributed by atoms with van der Waals surface area (Å²) in [6.07, 6.45) is 1.33. The highest BCUT2D eigenvalue weighted by Gasteiger charge is 2.34. The molecule has 5 nitrogen and oxygen atoms in total. The summed E-state index contributed by atoms with van der Waals surface area (Å²) in [5.41, 5.74) is 0.667. The van der Waals surface area contributed by atoms with Gasteiger partial charge in [-0.3, -0.25) is 19.8 Å². The normalized spacial score (nSPS) is 16.5. The Morgan fingerprint density at radius 1 is 1.12 bits per heavy atom. The van der Waals surface area contributed by atoms with Crippen molar-refractivity contribution in [2.75, 3.05) is 4.90 Å². The van der Waals surface area contributed by atoms with E-state index < -0.39 is 11.8 Å². The number of hydrogen-bond acceptors (Lipinski definition) is 4. The standard InChI is InChI=1S/C17H11ClN2O3S/c18-11-5-3-6-12(9-11)20-16(23)13(15(22)19-17(20)24)8-10-4-1-2-7-14(10)21/h1-9,21H,(H,19,22,24)/b13-8+. The molecular formula is C17H11ClN2O3S. The first-order chi connectivity index (χ1) is 11.5. The molecule has 1 saturated heterocycles. The summed E-state index contributed by atoms with van der Waals surface area (Å²) >= 11 is 11.1. The number of para-hydroxylation sites is 1.